The van der Waals surface area contributed by atoms with E-state index in [4.69, 9.17) is 4.74 Å². The maximum absolute atomic E-state index is 13.2. The van der Waals surface area contributed by atoms with Crippen molar-refractivity contribution in [2.45, 2.75) is 26.3 Å². The lowest BCUT2D eigenvalue weighted by atomic mass is 10.0. The molecule has 0 aliphatic heterocycles. The van der Waals surface area contributed by atoms with Crippen LogP contribution in [0.5, 0.6) is 5.75 Å². The maximum atomic E-state index is 13.2. The number of methoxy groups -OCH3 is 1. The van der Waals surface area contributed by atoms with Gasteiger partial charge in [0.15, 0.2) is 6.04 Å². The van der Waals surface area contributed by atoms with Gasteiger partial charge in [0.05, 0.1) is 19.3 Å². The molecule has 0 saturated carbocycles. The normalized spacial score (nSPS) is 11.7. The number of hydrogen-bond acceptors (Lipinski definition) is 2. The fraction of sp³-hybridized carbons (Fsp3) is 0.240. The monoisotopic (exact) mass is 389 g/mol. The van der Waals surface area contributed by atoms with E-state index in [-0.39, 0.29) is 11.9 Å². The average molecular weight is 390 g/mol. The first-order valence-corrected chi connectivity index (χ1v) is 9.97. The van der Waals surface area contributed by atoms with Gasteiger partial charge in [0.2, 0.25) is 0 Å². The lowest BCUT2D eigenvalue weighted by molar-refractivity contribution is -0.682. The standard InChI is InChI=1S/C25H28N2O2/c1-18-13-14-23(29-3)22(17-18)27-25(28)24(21-11-5-4-6-12-21)26-16-15-20-10-8-7-9-19(20)2/h4-14,17,24,26H,15-16H2,1-3H3,(H,27,28)/p+1/t24-/m1/s1. The van der Waals surface area contributed by atoms with E-state index in [1.807, 2.05) is 55.5 Å². The van der Waals surface area contributed by atoms with Crippen molar-refractivity contribution in [3.8, 4) is 5.75 Å². The highest BCUT2D eigenvalue weighted by Crippen LogP contribution is 2.26. The van der Waals surface area contributed by atoms with Crippen LogP contribution in [0.25, 0.3) is 0 Å². The Morgan fingerprint density at radius 3 is 2.45 bits per heavy atom. The summed E-state index contributed by atoms with van der Waals surface area (Å²) in [7, 11) is 1.61. The van der Waals surface area contributed by atoms with Crippen molar-refractivity contribution in [1.29, 1.82) is 0 Å². The van der Waals surface area contributed by atoms with Gasteiger partial charge in [-0.15, -0.1) is 0 Å². The van der Waals surface area contributed by atoms with E-state index in [9.17, 15) is 4.79 Å². The van der Waals surface area contributed by atoms with Crippen molar-refractivity contribution in [3.05, 3.63) is 95.1 Å². The first kappa shape index (κ1) is 20.6. The van der Waals surface area contributed by atoms with Crippen molar-refractivity contribution in [1.82, 2.24) is 0 Å². The van der Waals surface area contributed by atoms with Gasteiger partial charge in [-0.2, -0.15) is 0 Å². The van der Waals surface area contributed by atoms with Crippen LogP contribution in [0.15, 0.2) is 72.8 Å². The number of benzene rings is 3. The first-order valence-electron chi connectivity index (χ1n) is 9.97. The minimum absolute atomic E-state index is 0.0510. The van der Waals surface area contributed by atoms with Crippen LogP contribution in [-0.4, -0.2) is 19.6 Å². The molecule has 4 nitrogen and oxygen atoms in total. The SMILES string of the molecule is COc1ccc(C)cc1NC(=O)[C@H]([NH2+]CCc1ccccc1C)c1ccccc1. The number of ether oxygens (including phenoxy) is 1. The van der Waals surface area contributed by atoms with Crippen LogP contribution in [0.3, 0.4) is 0 Å². The van der Waals surface area contributed by atoms with Crippen molar-refractivity contribution in [2.24, 2.45) is 0 Å². The number of quaternary nitrogens is 1. The Hall–Kier alpha value is -3.11. The highest BCUT2D eigenvalue weighted by atomic mass is 16.5. The molecule has 0 aromatic heterocycles. The van der Waals surface area contributed by atoms with Gasteiger partial charge < -0.3 is 15.4 Å². The molecular formula is C25H29N2O2+. The van der Waals surface area contributed by atoms with Crippen LogP contribution in [0.4, 0.5) is 5.69 Å². The number of hydrogen-bond donors (Lipinski definition) is 2. The predicted octanol–water partition coefficient (Wildman–Crippen LogP) is 3.80. The molecule has 3 rings (SSSR count). The zero-order valence-corrected chi connectivity index (χ0v) is 17.3. The van der Waals surface area contributed by atoms with Gasteiger partial charge >= 0.3 is 0 Å². The van der Waals surface area contributed by atoms with Gasteiger partial charge in [0.1, 0.15) is 5.75 Å². The molecule has 3 aromatic carbocycles. The molecule has 0 bridgehead atoms. The molecule has 3 aromatic rings. The van der Waals surface area contributed by atoms with E-state index >= 15 is 0 Å². The smallest absolute Gasteiger partial charge is 0.287 e. The summed E-state index contributed by atoms with van der Waals surface area (Å²) in [6.45, 7) is 4.95. The molecule has 0 saturated heterocycles. The van der Waals surface area contributed by atoms with Gasteiger partial charge in [-0.25, -0.2) is 0 Å². The molecule has 0 spiro atoms. The zero-order valence-electron chi connectivity index (χ0n) is 17.3. The topological polar surface area (TPSA) is 54.9 Å². The molecule has 150 valence electrons. The number of nitrogens with one attached hydrogen (secondary N) is 1. The van der Waals surface area contributed by atoms with Gasteiger partial charge in [-0.3, -0.25) is 4.79 Å². The van der Waals surface area contributed by atoms with Crippen LogP contribution in [0.1, 0.15) is 28.3 Å². The Balaban J connectivity index is 1.76. The Bertz CT molecular complexity index is 954. The number of rotatable bonds is 8. The van der Waals surface area contributed by atoms with E-state index in [0.717, 1.165) is 24.1 Å². The molecule has 4 heteroatoms. The Labute approximate surface area is 172 Å². The van der Waals surface area contributed by atoms with Crippen molar-refractivity contribution >= 4 is 11.6 Å². The van der Waals surface area contributed by atoms with E-state index in [2.05, 4.69) is 41.8 Å². The fourth-order valence-corrected chi connectivity index (χ4v) is 3.48. The maximum Gasteiger partial charge on any atom is 0.287 e. The van der Waals surface area contributed by atoms with Crippen molar-refractivity contribution in [3.63, 3.8) is 0 Å². The number of anilines is 1. The van der Waals surface area contributed by atoms with Crippen LogP contribution >= 0.6 is 0 Å². The van der Waals surface area contributed by atoms with Crippen LogP contribution in [-0.2, 0) is 11.2 Å². The third kappa shape index (κ3) is 5.46. The second kappa shape index (κ2) is 9.89. The molecule has 0 fully saturated rings. The average Bonchev–Trinajstić information content (AvgIpc) is 2.73. The number of aryl methyl sites for hydroxylation is 2. The Kier molecular flexibility index (Phi) is 7.04. The molecule has 1 atom stereocenters. The highest BCUT2D eigenvalue weighted by molar-refractivity contribution is 5.95. The Morgan fingerprint density at radius 1 is 1.00 bits per heavy atom. The van der Waals surface area contributed by atoms with Crippen LogP contribution < -0.4 is 15.4 Å². The van der Waals surface area contributed by atoms with E-state index in [1.165, 1.54) is 11.1 Å². The Morgan fingerprint density at radius 2 is 1.72 bits per heavy atom. The number of carbonyl (C=O) groups excluding carboxylic acids is 1. The minimum atomic E-state index is -0.328. The van der Waals surface area contributed by atoms with Gasteiger partial charge in [0, 0.05) is 12.0 Å². The van der Waals surface area contributed by atoms with E-state index < -0.39 is 0 Å². The molecule has 0 aliphatic carbocycles. The lowest BCUT2D eigenvalue weighted by Crippen LogP contribution is -2.87. The summed E-state index contributed by atoms with van der Waals surface area (Å²) in [5.74, 6) is 0.612. The second-order valence-corrected chi connectivity index (χ2v) is 7.28. The quantitative estimate of drug-likeness (QED) is 0.616. The summed E-state index contributed by atoms with van der Waals surface area (Å²) in [4.78, 5) is 13.2. The molecule has 1 amide bonds. The summed E-state index contributed by atoms with van der Waals surface area (Å²) in [6, 6.07) is 23.8. The van der Waals surface area contributed by atoms with Gasteiger partial charge in [-0.1, -0.05) is 60.7 Å². The number of nitrogens with two attached hydrogens (primary N) is 1. The molecular weight excluding hydrogens is 360 g/mol. The number of amides is 1. The van der Waals surface area contributed by atoms with Gasteiger partial charge in [-0.05, 0) is 42.7 Å². The summed E-state index contributed by atoms with van der Waals surface area (Å²) in [5, 5.41) is 5.18. The van der Waals surface area contributed by atoms with Crippen LogP contribution in [0.2, 0.25) is 0 Å². The zero-order chi connectivity index (χ0) is 20.6. The molecule has 0 heterocycles. The summed E-state index contributed by atoms with van der Waals surface area (Å²) >= 11 is 0. The third-order valence-corrected chi connectivity index (χ3v) is 5.13. The largest absolute Gasteiger partial charge is 0.495 e. The van der Waals surface area contributed by atoms with Crippen molar-refractivity contribution in [2.75, 3.05) is 19.0 Å². The molecule has 0 radical (unpaired) electrons. The fourth-order valence-electron chi connectivity index (χ4n) is 3.48. The highest BCUT2D eigenvalue weighted by Gasteiger charge is 2.25. The molecule has 3 N–H and O–H groups in total. The van der Waals surface area contributed by atoms with Crippen molar-refractivity contribution < 1.29 is 14.8 Å². The molecule has 0 unspecified atom stereocenters. The van der Waals surface area contributed by atoms with E-state index in [0.29, 0.717) is 11.4 Å². The van der Waals surface area contributed by atoms with Crippen LogP contribution in [0, 0.1) is 13.8 Å². The summed E-state index contributed by atoms with van der Waals surface area (Å²) < 4.78 is 5.41. The third-order valence-electron chi connectivity index (χ3n) is 5.13. The van der Waals surface area contributed by atoms with Gasteiger partial charge in [0.25, 0.3) is 5.91 Å². The minimum Gasteiger partial charge on any atom is -0.495 e. The second-order valence-electron chi connectivity index (χ2n) is 7.28. The summed E-state index contributed by atoms with van der Waals surface area (Å²) in [6.07, 6.45) is 0.914. The van der Waals surface area contributed by atoms with E-state index in [1.54, 1.807) is 7.11 Å². The first-order chi connectivity index (χ1) is 14.1. The lowest BCUT2D eigenvalue weighted by Gasteiger charge is -2.18. The summed E-state index contributed by atoms with van der Waals surface area (Å²) in [5.41, 5.74) is 5.36. The molecule has 0 aliphatic rings. The number of carbonyl (C=O) groups is 1. The predicted molar refractivity (Wildman–Crippen MR) is 117 cm³/mol. The molecule has 29 heavy (non-hydrogen) atoms.